The standard InChI is InChI=1S/C19H18ClNO/c1-21-18(11-10-14-6-5-9-16(20)12-14)17(13-19(21)22)15-7-3-2-4-8-15/h2-12,17-18H,13H2,1H3. The number of nitrogens with zero attached hydrogens (tertiary/aromatic N) is 1. The lowest BCUT2D eigenvalue weighted by Gasteiger charge is -2.22. The van der Waals surface area contributed by atoms with Crippen molar-refractivity contribution >= 4 is 23.6 Å². The zero-order valence-electron chi connectivity index (χ0n) is 12.4. The summed E-state index contributed by atoms with van der Waals surface area (Å²) in [6.07, 6.45) is 4.71. The van der Waals surface area contributed by atoms with E-state index in [1.54, 1.807) is 0 Å². The number of amides is 1. The second kappa shape index (κ2) is 6.37. The Kier molecular flexibility index (Phi) is 4.30. The van der Waals surface area contributed by atoms with Crippen molar-refractivity contribution in [3.63, 3.8) is 0 Å². The van der Waals surface area contributed by atoms with Crippen molar-refractivity contribution < 1.29 is 4.79 Å². The predicted octanol–water partition coefficient (Wildman–Crippen LogP) is 4.37. The third-order valence-corrected chi connectivity index (χ3v) is 4.44. The Balaban J connectivity index is 1.87. The molecule has 1 heterocycles. The van der Waals surface area contributed by atoms with E-state index in [1.807, 2.05) is 60.5 Å². The average molecular weight is 312 g/mol. The minimum Gasteiger partial charge on any atom is -0.339 e. The van der Waals surface area contributed by atoms with E-state index in [0.29, 0.717) is 6.42 Å². The second-order valence-corrected chi connectivity index (χ2v) is 6.07. The molecule has 2 aromatic rings. The van der Waals surface area contributed by atoms with Crippen LogP contribution < -0.4 is 0 Å². The van der Waals surface area contributed by atoms with Crippen LogP contribution in [0.25, 0.3) is 6.08 Å². The van der Waals surface area contributed by atoms with Gasteiger partial charge in [-0.05, 0) is 23.3 Å². The molecule has 2 aromatic carbocycles. The summed E-state index contributed by atoms with van der Waals surface area (Å²) >= 11 is 6.02. The van der Waals surface area contributed by atoms with Gasteiger partial charge in [-0.25, -0.2) is 0 Å². The summed E-state index contributed by atoms with van der Waals surface area (Å²) in [7, 11) is 1.87. The maximum atomic E-state index is 12.1. The van der Waals surface area contributed by atoms with Crippen molar-refractivity contribution in [1.82, 2.24) is 4.90 Å². The van der Waals surface area contributed by atoms with E-state index in [2.05, 4.69) is 18.2 Å². The maximum Gasteiger partial charge on any atom is 0.223 e. The van der Waals surface area contributed by atoms with Gasteiger partial charge in [-0.3, -0.25) is 4.79 Å². The highest BCUT2D eigenvalue weighted by Crippen LogP contribution is 2.34. The molecule has 2 nitrogen and oxygen atoms in total. The smallest absolute Gasteiger partial charge is 0.223 e. The number of benzene rings is 2. The van der Waals surface area contributed by atoms with E-state index in [0.717, 1.165) is 10.6 Å². The number of likely N-dealkylation sites (tertiary alicyclic amines) is 1. The average Bonchev–Trinajstić information content (AvgIpc) is 2.82. The van der Waals surface area contributed by atoms with Gasteiger partial charge in [0.15, 0.2) is 0 Å². The first kappa shape index (κ1) is 14.9. The minimum atomic E-state index is 0.0777. The van der Waals surface area contributed by atoms with Gasteiger partial charge in [-0.15, -0.1) is 0 Å². The molecule has 0 bridgehead atoms. The molecule has 0 aliphatic carbocycles. The maximum absolute atomic E-state index is 12.1. The number of hydrogen-bond donors (Lipinski definition) is 0. The molecule has 0 radical (unpaired) electrons. The molecule has 0 N–H and O–H groups in total. The minimum absolute atomic E-state index is 0.0777. The SMILES string of the molecule is CN1C(=O)CC(c2ccccc2)C1C=Cc1cccc(Cl)c1. The number of carbonyl (C=O) groups is 1. The van der Waals surface area contributed by atoms with Crippen LogP contribution >= 0.6 is 11.6 Å². The highest BCUT2D eigenvalue weighted by Gasteiger charge is 2.36. The molecule has 1 amide bonds. The molecule has 112 valence electrons. The van der Waals surface area contributed by atoms with Gasteiger partial charge >= 0.3 is 0 Å². The first-order chi connectivity index (χ1) is 10.6. The van der Waals surface area contributed by atoms with Crippen LogP contribution in [0, 0.1) is 0 Å². The van der Waals surface area contributed by atoms with Gasteiger partial charge in [0, 0.05) is 24.4 Å². The van der Waals surface area contributed by atoms with Crippen LogP contribution in [0.3, 0.4) is 0 Å². The Morgan fingerprint density at radius 1 is 1.14 bits per heavy atom. The summed E-state index contributed by atoms with van der Waals surface area (Å²) < 4.78 is 0. The van der Waals surface area contributed by atoms with Crippen LogP contribution in [0.15, 0.2) is 60.7 Å². The van der Waals surface area contributed by atoms with E-state index in [4.69, 9.17) is 11.6 Å². The molecular weight excluding hydrogens is 294 g/mol. The zero-order chi connectivity index (χ0) is 15.5. The van der Waals surface area contributed by atoms with Crippen LogP contribution in [0.4, 0.5) is 0 Å². The van der Waals surface area contributed by atoms with Crippen LogP contribution in [0.2, 0.25) is 5.02 Å². The van der Waals surface area contributed by atoms with Gasteiger partial charge in [-0.2, -0.15) is 0 Å². The van der Waals surface area contributed by atoms with E-state index < -0.39 is 0 Å². The Hall–Kier alpha value is -2.06. The lowest BCUT2D eigenvalue weighted by atomic mass is 9.91. The summed E-state index contributed by atoms with van der Waals surface area (Å²) in [4.78, 5) is 13.9. The Bertz CT molecular complexity index is 696. The molecule has 2 unspecified atom stereocenters. The second-order valence-electron chi connectivity index (χ2n) is 5.63. The molecule has 1 aliphatic heterocycles. The van der Waals surface area contributed by atoms with Gasteiger partial charge in [0.2, 0.25) is 5.91 Å². The van der Waals surface area contributed by atoms with E-state index in [9.17, 15) is 4.79 Å². The summed E-state index contributed by atoms with van der Waals surface area (Å²) in [5.41, 5.74) is 2.26. The fraction of sp³-hybridized carbons (Fsp3) is 0.211. The van der Waals surface area contributed by atoms with E-state index in [1.165, 1.54) is 5.56 Å². The topological polar surface area (TPSA) is 20.3 Å². The van der Waals surface area contributed by atoms with Crippen LogP contribution in [-0.4, -0.2) is 23.9 Å². The Morgan fingerprint density at radius 2 is 1.91 bits per heavy atom. The van der Waals surface area contributed by atoms with Gasteiger partial charge < -0.3 is 4.90 Å². The fourth-order valence-electron chi connectivity index (χ4n) is 2.99. The third kappa shape index (κ3) is 3.07. The molecular formula is C19H18ClNO. The van der Waals surface area contributed by atoms with Crippen molar-refractivity contribution in [2.24, 2.45) is 0 Å². The van der Waals surface area contributed by atoms with Crippen molar-refractivity contribution in [1.29, 1.82) is 0 Å². The molecule has 1 aliphatic rings. The van der Waals surface area contributed by atoms with Gasteiger partial charge in [-0.1, -0.05) is 66.2 Å². The Labute approximate surface area is 136 Å². The lowest BCUT2D eigenvalue weighted by Crippen LogP contribution is -2.29. The number of carbonyl (C=O) groups excluding carboxylic acids is 1. The fourth-order valence-corrected chi connectivity index (χ4v) is 3.19. The molecule has 22 heavy (non-hydrogen) atoms. The number of likely N-dealkylation sites (N-methyl/N-ethyl adjacent to an activating group) is 1. The normalized spacial score (nSPS) is 21.7. The highest BCUT2D eigenvalue weighted by atomic mass is 35.5. The molecule has 0 spiro atoms. The van der Waals surface area contributed by atoms with Crippen molar-refractivity contribution in [3.8, 4) is 0 Å². The molecule has 0 saturated carbocycles. The van der Waals surface area contributed by atoms with Gasteiger partial charge in [0.1, 0.15) is 0 Å². The summed E-state index contributed by atoms with van der Waals surface area (Å²) in [6.45, 7) is 0. The van der Waals surface area contributed by atoms with Gasteiger partial charge in [0.25, 0.3) is 0 Å². The summed E-state index contributed by atoms with van der Waals surface area (Å²) in [6, 6.07) is 18.0. The lowest BCUT2D eigenvalue weighted by molar-refractivity contribution is -0.127. The zero-order valence-corrected chi connectivity index (χ0v) is 13.2. The molecule has 2 atom stereocenters. The molecule has 3 heteroatoms. The highest BCUT2D eigenvalue weighted by molar-refractivity contribution is 6.30. The largest absolute Gasteiger partial charge is 0.339 e. The first-order valence-electron chi connectivity index (χ1n) is 7.39. The van der Waals surface area contributed by atoms with Crippen LogP contribution in [0.1, 0.15) is 23.5 Å². The number of halogens is 1. The number of rotatable bonds is 3. The van der Waals surface area contributed by atoms with Crippen molar-refractivity contribution in [2.75, 3.05) is 7.05 Å². The predicted molar refractivity (Wildman–Crippen MR) is 90.8 cm³/mol. The monoisotopic (exact) mass is 311 g/mol. The molecule has 1 fully saturated rings. The van der Waals surface area contributed by atoms with E-state index >= 15 is 0 Å². The molecule has 3 rings (SSSR count). The molecule has 0 aromatic heterocycles. The van der Waals surface area contributed by atoms with Gasteiger partial charge in [0.05, 0.1) is 6.04 Å². The van der Waals surface area contributed by atoms with Crippen molar-refractivity contribution in [2.45, 2.75) is 18.4 Å². The third-order valence-electron chi connectivity index (χ3n) is 4.21. The first-order valence-corrected chi connectivity index (χ1v) is 7.77. The quantitative estimate of drug-likeness (QED) is 0.824. The van der Waals surface area contributed by atoms with Crippen molar-refractivity contribution in [3.05, 3.63) is 76.8 Å². The number of hydrogen-bond acceptors (Lipinski definition) is 1. The van der Waals surface area contributed by atoms with Crippen LogP contribution in [0.5, 0.6) is 0 Å². The summed E-state index contributed by atoms with van der Waals surface area (Å²) in [5.74, 6) is 0.392. The Morgan fingerprint density at radius 3 is 2.64 bits per heavy atom. The van der Waals surface area contributed by atoms with E-state index in [-0.39, 0.29) is 17.9 Å². The summed E-state index contributed by atoms with van der Waals surface area (Å²) in [5, 5.41) is 0.720. The molecule has 1 saturated heterocycles. The van der Waals surface area contributed by atoms with Crippen LogP contribution in [-0.2, 0) is 4.79 Å².